The third kappa shape index (κ3) is 6.48. The van der Waals surface area contributed by atoms with Crippen LogP contribution in [0.25, 0.3) is 0 Å². The van der Waals surface area contributed by atoms with Gasteiger partial charge in [-0.15, -0.1) is 0 Å². The Morgan fingerprint density at radius 3 is 2.14 bits per heavy atom. The Kier molecular flexibility index (Phi) is 9.66. The highest BCUT2D eigenvalue weighted by Crippen LogP contribution is 2.42. The van der Waals surface area contributed by atoms with Crippen molar-refractivity contribution in [3.63, 3.8) is 0 Å². The number of unbranched alkanes of at least 4 members (excludes halogenated alkanes) is 5. The van der Waals surface area contributed by atoms with Gasteiger partial charge in [0.05, 0.1) is 19.3 Å². The molecule has 0 bridgehead atoms. The maximum atomic E-state index is 13.1. The smallest absolute Gasteiger partial charge is 0.418 e. The van der Waals surface area contributed by atoms with E-state index < -0.39 is 11.7 Å². The molecule has 0 atom stereocenters. The van der Waals surface area contributed by atoms with Crippen LogP contribution in [-0.4, -0.2) is 6.61 Å². The van der Waals surface area contributed by atoms with Gasteiger partial charge in [0.15, 0.2) is 0 Å². The Morgan fingerprint density at radius 2 is 1.55 bits per heavy atom. The normalized spacial score (nSPS) is 11.8. The largest absolute Gasteiger partial charge is 0.491 e. The lowest BCUT2D eigenvalue weighted by Crippen LogP contribution is -2.13. The van der Waals surface area contributed by atoms with Gasteiger partial charge in [0.25, 0.3) is 0 Å². The predicted molar refractivity (Wildman–Crippen MR) is 108 cm³/mol. The van der Waals surface area contributed by atoms with Gasteiger partial charge in [0, 0.05) is 3.57 Å². The van der Waals surface area contributed by atoms with Gasteiger partial charge in [-0.25, -0.2) is 0 Å². The van der Waals surface area contributed by atoms with Crippen molar-refractivity contribution in [1.29, 1.82) is 0 Å². The quantitative estimate of drug-likeness (QED) is 0.213. The Balaban J connectivity index is 2.67. The van der Waals surface area contributed by atoms with Gasteiger partial charge in [0.2, 0.25) is 0 Å². The standard InChI is InChI=1S/C15H18F3I3O/c1-2-3-4-5-6-7-8-22-14-11(20)9-10(19)12(13(14)21)15(16,17)18/h9H,2-8H2,1H3. The van der Waals surface area contributed by atoms with E-state index in [1.54, 1.807) is 45.2 Å². The average Bonchev–Trinajstić information content (AvgIpc) is 2.38. The number of rotatable bonds is 8. The van der Waals surface area contributed by atoms with Crippen molar-refractivity contribution in [2.75, 3.05) is 6.61 Å². The van der Waals surface area contributed by atoms with E-state index in [0.717, 1.165) is 22.8 Å². The van der Waals surface area contributed by atoms with Crippen molar-refractivity contribution in [2.45, 2.75) is 51.6 Å². The summed E-state index contributed by atoms with van der Waals surface area (Å²) in [7, 11) is 0. The molecule has 0 heterocycles. The molecule has 0 aliphatic heterocycles. The Bertz CT molecular complexity index is 490. The SMILES string of the molecule is CCCCCCCCOc1c(I)cc(I)c(C(F)(F)F)c1I. The molecule has 0 radical (unpaired) electrons. The molecule has 7 heteroatoms. The Labute approximate surface area is 170 Å². The highest BCUT2D eigenvalue weighted by atomic mass is 127. The van der Waals surface area contributed by atoms with E-state index in [-0.39, 0.29) is 7.14 Å². The second-order valence-corrected chi connectivity index (χ2v) is 8.38. The first-order chi connectivity index (χ1) is 10.3. The van der Waals surface area contributed by atoms with E-state index >= 15 is 0 Å². The van der Waals surface area contributed by atoms with Crippen molar-refractivity contribution in [2.24, 2.45) is 0 Å². The first-order valence-corrected chi connectivity index (χ1v) is 10.4. The molecule has 126 valence electrons. The fourth-order valence-electron chi connectivity index (χ4n) is 2.02. The number of hydrogen-bond acceptors (Lipinski definition) is 1. The van der Waals surface area contributed by atoms with Crippen LogP contribution >= 0.6 is 67.8 Å². The minimum atomic E-state index is -4.35. The van der Waals surface area contributed by atoms with Gasteiger partial charge in [0.1, 0.15) is 5.75 Å². The molecule has 0 fully saturated rings. The summed E-state index contributed by atoms with van der Waals surface area (Å²) in [6.45, 7) is 2.64. The van der Waals surface area contributed by atoms with Crippen LogP contribution in [-0.2, 0) is 6.18 Å². The molecule has 1 rings (SSSR count). The highest BCUT2D eigenvalue weighted by molar-refractivity contribution is 14.1. The highest BCUT2D eigenvalue weighted by Gasteiger charge is 2.37. The summed E-state index contributed by atoms with van der Waals surface area (Å²) >= 11 is 5.51. The molecule has 0 aliphatic carbocycles. The van der Waals surface area contributed by atoms with Crippen molar-refractivity contribution in [1.82, 2.24) is 0 Å². The number of alkyl halides is 3. The topological polar surface area (TPSA) is 9.23 Å². The Morgan fingerprint density at radius 1 is 0.955 bits per heavy atom. The first-order valence-electron chi connectivity index (χ1n) is 7.16. The Hall–Kier alpha value is 1.00. The molecule has 0 spiro atoms. The van der Waals surface area contributed by atoms with Crippen molar-refractivity contribution in [3.8, 4) is 5.75 Å². The molecule has 1 aromatic rings. The number of ether oxygens (including phenoxy) is 1. The lowest BCUT2D eigenvalue weighted by Gasteiger charge is -2.17. The van der Waals surface area contributed by atoms with Crippen LogP contribution in [0.2, 0.25) is 0 Å². The molecule has 1 aromatic carbocycles. The van der Waals surface area contributed by atoms with Gasteiger partial charge >= 0.3 is 6.18 Å². The third-order valence-corrected chi connectivity index (χ3v) is 5.84. The van der Waals surface area contributed by atoms with Crippen LogP contribution in [0, 0.1) is 10.7 Å². The van der Waals surface area contributed by atoms with Crippen LogP contribution in [0.1, 0.15) is 51.0 Å². The minimum absolute atomic E-state index is 0.160. The molecular weight excluding hydrogens is 634 g/mol. The van der Waals surface area contributed by atoms with Crippen molar-refractivity contribution >= 4 is 67.8 Å². The molecule has 0 amide bonds. The van der Waals surface area contributed by atoms with Crippen LogP contribution in [0.5, 0.6) is 5.75 Å². The van der Waals surface area contributed by atoms with E-state index in [9.17, 15) is 13.2 Å². The zero-order valence-electron chi connectivity index (χ0n) is 12.2. The van der Waals surface area contributed by atoms with Crippen LogP contribution in [0.4, 0.5) is 13.2 Å². The molecule has 0 N–H and O–H groups in total. The molecule has 0 aromatic heterocycles. The first kappa shape index (κ1) is 21.0. The van der Waals surface area contributed by atoms with Crippen molar-refractivity contribution < 1.29 is 17.9 Å². The second kappa shape index (κ2) is 10.1. The lowest BCUT2D eigenvalue weighted by atomic mass is 10.1. The van der Waals surface area contributed by atoms with Crippen LogP contribution in [0.3, 0.4) is 0 Å². The summed E-state index contributed by atoms with van der Waals surface area (Å²) in [5.74, 6) is 0.363. The summed E-state index contributed by atoms with van der Waals surface area (Å²) < 4.78 is 46.1. The lowest BCUT2D eigenvalue weighted by molar-refractivity contribution is -0.139. The molecule has 0 unspecified atom stereocenters. The number of benzene rings is 1. The summed E-state index contributed by atoms with van der Waals surface area (Å²) in [6, 6.07) is 1.53. The molecular formula is C15H18F3I3O. The maximum Gasteiger partial charge on any atom is 0.418 e. The van der Waals surface area contributed by atoms with Gasteiger partial charge in [-0.1, -0.05) is 39.0 Å². The van der Waals surface area contributed by atoms with E-state index in [1.165, 1.54) is 25.3 Å². The van der Waals surface area contributed by atoms with Gasteiger partial charge < -0.3 is 4.74 Å². The van der Waals surface area contributed by atoms with E-state index in [0.29, 0.717) is 12.4 Å². The predicted octanol–water partition coefficient (Wildman–Crippen LogP) is 7.26. The van der Waals surface area contributed by atoms with E-state index in [4.69, 9.17) is 4.74 Å². The summed E-state index contributed by atoms with van der Waals surface area (Å²) in [5.41, 5.74) is -0.591. The summed E-state index contributed by atoms with van der Waals surface area (Å²) in [5, 5.41) is 0. The minimum Gasteiger partial charge on any atom is -0.491 e. The maximum absolute atomic E-state index is 13.1. The summed E-state index contributed by atoms with van der Waals surface area (Å²) in [4.78, 5) is 0. The zero-order valence-corrected chi connectivity index (χ0v) is 18.7. The zero-order chi connectivity index (χ0) is 16.8. The van der Waals surface area contributed by atoms with Crippen molar-refractivity contribution in [3.05, 3.63) is 22.3 Å². The molecule has 0 saturated carbocycles. The fraction of sp³-hybridized carbons (Fsp3) is 0.600. The fourth-order valence-corrected chi connectivity index (χ4v) is 6.32. The van der Waals surface area contributed by atoms with E-state index in [2.05, 4.69) is 6.92 Å². The van der Waals surface area contributed by atoms with Gasteiger partial charge in [-0.3, -0.25) is 0 Å². The van der Waals surface area contributed by atoms with Gasteiger partial charge in [-0.05, 0) is 80.3 Å². The molecule has 22 heavy (non-hydrogen) atoms. The van der Waals surface area contributed by atoms with Gasteiger partial charge in [-0.2, -0.15) is 13.2 Å². The average molecular weight is 652 g/mol. The molecule has 0 saturated heterocycles. The monoisotopic (exact) mass is 652 g/mol. The third-order valence-electron chi connectivity index (χ3n) is 3.16. The summed E-state index contributed by atoms with van der Waals surface area (Å²) in [6.07, 6.45) is 2.40. The molecule has 0 aliphatic rings. The molecule has 1 nitrogen and oxygen atoms in total. The van der Waals surface area contributed by atoms with Crippen LogP contribution < -0.4 is 4.74 Å². The van der Waals surface area contributed by atoms with Crippen LogP contribution in [0.15, 0.2) is 6.07 Å². The number of hydrogen-bond donors (Lipinski definition) is 0. The second-order valence-electron chi connectivity index (χ2n) is 4.97. The number of halogens is 6. The van der Waals surface area contributed by atoms with E-state index in [1.807, 2.05) is 22.6 Å².